The summed E-state index contributed by atoms with van der Waals surface area (Å²) in [5.74, 6) is -0.168. The van der Waals surface area contributed by atoms with Crippen molar-refractivity contribution in [1.82, 2.24) is 4.90 Å². The standard InChI is InChI=1S/C12H15Cl2N3O2/c1-7(3-11(15)16-19)17(2)12(18)8-4-9(13)6-10(14)5-8/h4-7,19H,3H2,1-2H3,(H2,15,16). The van der Waals surface area contributed by atoms with Crippen LogP contribution in [0.3, 0.4) is 0 Å². The second-order valence-corrected chi connectivity index (χ2v) is 5.09. The van der Waals surface area contributed by atoms with Gasteiger partial charge in [-0.15, -0.1) is 0 Å². The van der Waals surface area contributed by atoms with Gasteiger partial charge in [0, 0.05) is 35.1 Å². The summed E-state index contributed by atoms with van der Waals surface area (Å²) < 4.78 is 0. The Kier molecular flexibility index (Phi) is 5.44. The van der Waals surface area contributed by atoms with Gasteiger partial charge in [-0.1, -0.05) is 28.4 Å². The van der Waals surface area contributed by atoms with Crippen molar-refractivity contribution in [3.8, 4) is 0 Å². The smallest absolute Gasteiger partial charge is 0.253 e. The molecule has 0 saturated carbocycles. The lowest BCUT2D eigenvalue weighted by atomic mass is 10.1. The zero-order valence-corrected chi connectivity index (χ0v) is 12.1. The third-order valence-electron chi connectivity index (χ3n) is 2.72. The van der Waals surface area contributed by atoms with Crippen molar-refractivity contribution in [3.63, 3.8) is 0 Å². The first kappa shape index (κ1) is 15.6. The molecule has 5 nitrogen and oxygen atoms in total. The van der Waals surface area contributed by atoms with Gasteiger partial charge in [-0.3, -0.25) is 4.79 Å². The third kappa shape index (κ3) is 4.29. The molecule has 0 bridgehead atoms. The van der Waals surface area contributed by atoms with E-state index in [0.717, 1.165) is 0 Å². The summed E-state index contributed by atoms with van der Waals surface area (Å²) in [6, 6.07) is 4.42. The normalized spacial score (nSPS) is 13.2. The van der Waals surface area contributed by atoms with Gasteiger partial charge in [0.2, 0.25) is 0 Å². The summed E-state index contributed by atoms with van der Waals surface area (Å²) in [6.07, 6.45) is 0.271. The fourth-order valence-corrected chi connectivity index (χ4v) is 2.09. The van der Waals surface area contributed by atoms with Crippen molar-refractivity contribution >= 4 is 34.9 Å². The maximum absolute atomic E-state index is 12.2. The maximum Gasteiger partial charge on any atom is 0.253 e. The molecule has 1 aromatic carbocycles. The number of rotatable bonds is 4. The van der Waals surface area contributed by atoms with Crippen molar-refractivity contribution in [3.05, 3.63) is 33.8 Å². The van der Waals surface area contributed by atoms with Gasteiger partial charge in [0.1, 0.15) is 5.84 Å². The maximum atomic E-state index is 12.2. The Morgan fingerprint density at radius 3 is 2.42 bits per heavy atom. The Morgan fingerprint density at radius 1 is 1.42 bits per heavy atom. The Morgan fingerprint density at radius 2 is 1.95 bits per heavy atom. The number of benzene rings is 1. The SMILES string of the molecule is CC(CC(N)=NO)N(C)C(=O)c1cc(Cl)cc(Cl)c1. The average molecular weight is 304 g/mol. The van der Waals surface area contributed by atoms with Crippen LogP contribution in [0.2, 0.25) is 10.0 Å². The molecule has 0 heterocycles. The number of nitrogens with two attached hydrogens (primary N) is 1. The van der Waals surface area contributed by atoms with Crippen LogP contribution in [-0.4, -0.2) is 34.9 Å². The molecule has 1 atom stereocenters. The summed E-state index contributed by atoms with van der Waals surface area (Å²) in [4.78, 5) is 13.7. The second-order valence-electron chi connectivity index (χ2n) is 4.22. The largest absolute Gasteiger partial charge is 0.409 e. The number of hydrogen-bond donors (Lipinski definition) is 2. The Bertz CT molecular complexity index is 485. The number of carbonyl (C=O) groups is 1. The van der Waals surface area contributed by atoms with Crippen LogP contribution in [0.15, 0.2) is 23.4 Å². The highest BCUT2D eigenvalue weighted by molar-refractivity contribution is 6.35. The predicted octanol–water partition coefficient (Wildman–Crippen LogP) is 2.59. The van der Waals surface area contributed by atoms with Crippen molar-refractivity contribution in [2.45, 2.75) is 19.4 Å². The van der Waals surface area contributed by atoms with Crippen LogP contribution in [0.5, 0.6) is 0 Å². The molecule has 3 N–H and O–H groups in total. The number of oxime groups is 1. The number of halogens is 2. The molecule has 0 fully saturated rings. The highest BCUT2D eigenvalue weighted by atomic mass is 35.5. The quantitative estimate of drug-likeness (QED) is 0.388. The number of amidine groups is 1. The van der Waals surface area contributed by atoms with E-state index >= 15 is 0 Å². The topological polar surface area (TPSA) is 78.9 Å². The molecular weight excluding hydrogens is 289 g/mol. The van der Waals surface area contributed by atoms with Crippen molar-refractivity contribution in [2.75, 3.05) is 7.05 Å². The molecule has 104 valence electrons. The van der Waals surface area contributed by atoms with Crippen LogP contribution >= 0.6 is 23.2 Å². The Hall–Kier alpha value is -1.46. The average Bonchev–Trinajstić information content (AvgIpc) is 2.35. The number of carbonyl (C=O) groups excluding carboxylic acids is 1. The Balaban J connectivity index is 2.87. The van der Waals surface area contributed by atoms with Gasteiger partial charge in [-0.2, -0.15) is 0 Å². The first-order valence-corrected chi connectivity index (χ1v) is 6.30. The number of hydrogen-bond acceptors (Lipinski definition) is 3. The predicted molar refractivity (Wildman–Crippen MR) is 76.0 cm³/mol. The molecule has 0 aliphatic rings. The van der Waals surface area contributed by atoms with Gasteiger partial charge >= 0.3 is 0 Å². The summed E-state index contributed by atoms with van der Waals surface area (Å²) in [6.45, 7) is 1.79. The fourth-order valence-electron chi connectivity index (χ4n) is 1.56. The summed E-state index contributed by atoms with van der Waals surface area (Å²) in [5.41, 5.74) is 5.81. The molecule has 1 unspecified atom stereocenters. The lowest BCUT2D eigenvalue weighted by Gasteiger charge is -2.24. The van der Waals surface area contributed by atoms with E-state index < -0.39 is 0 Å². The van der Waals surface area contributed by atoms with E-state index in [1.54, 1.807) is 32.2 Å². The van der Waals surface area contributed by atoms with Gasteiger partial charge in [-0.25, -0.2) is 0 Å². The minimum atomic E-state index is -0.234. The van der Waals surface area contributed by atoms with Gasteiger partial charge in [0.05, 0.1) is 0 Å². The van der Waals surface area contributed by atoms with Gasteiger partial charge in [-0.05, 0) is 25.1 Å². The van der Waals surface area contributed by atoms with Gasteiger partial charge in [0.25, 0.3) is 5.91 Å². The van der Waals surface area contributed by atoms with Crippen molar-refractivity contribution < 1.29 is 10.0 Å². The molecule has 1 amide bonds. The van der Waals surface area contributed by atoms with E-state index in [-0.39, 0.29) is 24.2 Å². The Labute approximate surface area is 121 Å². The third-order valence-corrected chi connectivity index (χ3v) is 3.16. The van der Waals surface area contributed by atoms with Crippen molar-refractivity contribution in [1.29, 1.82) is 0 Å². The molecule has 1 aromatic rings. The lowest BCUT2D eigenvalue weighted by molar-refractivity contribution is 0.0747. The van der Waals surface area contributed by atoms with Crippen LogP contribution < -0.4 is 5.73 Å². The first-order chi connectivity index (χ1) is 8.85. The molecule has 1 rings (SSSR count). The molecule has 0 spiro atoms. The summed E-state index contributed by atoms with van der Waals surface area (Å²) >= 11 is 11.7. The summed E-state index contributed by atoms with van der Waals surface area (Å²) in [7, 11) is 1.63. The van der Waals surface area contributed by atoms with Crippen LogP contribution in [0.25, 0.3) is 0 Å². The number of nitrogens with zero attached hydrogens (tertiary/aromatic N) is 2. The highest BCUT2D eigenvalue weighted by Crippen LogP contribution is 2.20. The molecule has 0 radical (unpaired) electrons. The van der Waals surface area contributed by atoms with E-state index in [0.29, 0.717) is 15.6 Å². The molecule has 0 saturated heterocycles. The van der Waals surface area contributed by atoms with E-state index in [1.807, 2.05) is 0 Å². The van der Waals surface area contributed by atoms with Crippen LogP contribution in [0, 0.1) is 0 Å². The lowest BCUT2D eigenvalue weighted by Crippen LogP contribution is -2.37. The molecule has 7 heteroatoms. The minimum Gasteiger partial charge on any atom is -0.409 e. The molecular formula is C12H15Cl2N3O2. The molecule has 19 heavy (non-hydrogen) atoms. The molecule has 0 aliphatic heterocycles. The highest BCUT2D eigenvalue weighted by Gasteiger charge is 2.19. The van der Waals surface area contributed by atoms with E-state index in [4.69, 9.17) is 34.1 Å². The van der Waals surface area contributed by atoms with Gasteiger partial charge < -0.3 is 15.8 Å². The monoisotopic (exact) mass is 303 g/mol. The first-order valence-electron chi connectivity index (χ1n) is 5.54. The zero-order valence-electron chi connectivity index (χ0n) is 10.6. The van der Waals surface area contributed by atoms with E-state index in [2.05, 4.69) is 5.16 Å². The minimum absolute atomic E-state index is 0.0660. The van der Waals surface area contributed by atoms with Crippen LogP contribution in [0.1, 0.15) is 23.7 Å². The van der Waals surface area contributed by atoms with E-state index in [9.17, 15) is 4.79 Å². The van der Waals surface area contributed by atoms with Gasteiger partial charge in [0.15, 0.2) is 0 Å². The number of amides is 1. The van der Waals surface area contributed by atoms with Crippen molar-refractivity contribution in [2.24, 2.45) is 10.9 Å². The summed E-state index contributed by atoms with van der Waals surface area (Å²) in [5, 5.41) is 12.2. The molecule has 0 aromatic heterocycles. The fraction of sp³-hybridized carbons (Fsp3) is 0.333. The zero-order chi connectivity index (χ0) is 14.6. The second kappa shape index (κ2) is 6.63. The van der Waals surface area contributed by atoms with Crippen LogP contribution in [0.4, 0.5) is 0 Å². The molecule has 0 aliphatic carbocycles. The van der Waals surface area contributed by atoms with Crippen LogP contribution in [-0.2, 0) is 0 Å². The van der Waals surface area contributed by atoms with E-state index in [1.165, 1.54) is 4.90 Å².